The largest absolute Gasteiger partial charge is 0.493 e. The molecule has 0 heterocycles. The van der Waals surface area contributed by atoms with Gasteiger partial charge in [0.1, 0.15) is 18.4 Å². The summed E-state index contributed by atoms with van der Waals surface area (Å²) in [6.07, 6.45) is 0. The van der Waals surface area contributed by atoms with Gasteiger partial charge in [0.05, 0.1) is 21.3 Å². The molecule has 25 heavy (non-hydrogen) atoms. The van der Waals surface area contributed by atoms with Gasteiger partial charge in [0.25, 0.3) is 0 Å². The number of hydrogen-bond acceptors (Lipinski definition) is 6. The second-order valence-corrected chi connectivity index (χ2v) is 5.02. The van der Waals surface area contributed by atoms with Gasteiger partial charge in [-0.05, 0) is 11.6 Å². The van der Waals surface area contributed by atoms with Gasteiger partial charge in [0, 0.05) is 11.6 Å². The quantitative estimate of drug-likeness (QED) is 0.758. The number of methoxy groups -OCH3 is 3. The van der Waals surface area contributed by atoms with E-state index in [0.717, 1.165) is 5.56 Å². The predicted octanol–water partition coefficient (Wildman–Crippen LogP) is 2.88. The van der Waals surface area contributed by atoms with E-state index in [2.05, 4.69) is 0 Å². The Morgan fingerprint density at radius 3 is 2.16 bits per heavy atom. The summed E-state index contributed by atoms with van der Waals surface area (Å²) < 4.78 is 21.1. The van der Waals surface area contributed by atoms with Crippen molar-refractivity contribution in [3.63, 3.8) is 0 Å². The number of halogens is 1. The van der Waals surface area contributed by atoms with Gasteiger partial charge in [-0.2, -0.15) is 0 Å². The third-order valence-corrected chi connectivity index (χ3v) is 3.54. The summed E-state index contributed by atoms with van der Waals surface area (Å²) in [5, 5.41) is 0. The van der Waals surface area contributed by atoms with Crippen molar-refractivity contribution in [2.24, 2.45) is 5.73 Å². The fourth-order valence-corrected chi connectivity index (χ4v) is 2.23. The van der Waals surface area contributed by atoms with Gasteiger partial charge in [-0.15, -0.1) is 12.4 Å². The van der Waals surface area contributed by atoms with Crippen LogP contribution in [0.15, 0.2) is 42.5 Å². The lowest BCUT2D eigenvalue weighted by Gasteiger charge is -2.18. The first-order chi connectivity index (χ1) is 11.6. The Kier molecular flexibility index (Phi) is 8.04. The van der Waals surface area contributed by atoms with Gasteiger partial charge in [0.15, 0.2) is 11.5 Å². The minimum absolute atomic E-state index is 0. The predicted molar refractivity (Wildman–Crippen MR) is 96.5 cm³/mol. The van der Waals surface area contributed by atoms with E-state index in [-0.39, 0.29) is 12.4 Å². The molecule has 136 valence electrons. The van der Waals surface area contributed by atoms with Crippen molar-refractivity contribution >= 4 is 18.4 Å². The fourth-order valence-electron chi connectivity index (χ4n) is 2.23. The van der Waals surface area contributed by atoms with Gasteiger partial charge in [-0.1, -0.05) is 30.3 Å². The number of ether oxygens (including phenoxy) is 4. The van der Waals surface area contributed by atoms with Gasteiger partial charge >= 0.3 is 5.97 Å². The Balaban J connectivity index is 0.00000312. The zero-order valence-corrected chi connectivity index (χ0v) is 15.2. The van der Waals surface area contributed by atoms with E-state index in [4.69, 9.17) is 24.7 Å². The number of hydrogen-bond donors (Lipinski definition) is 1. The van der Waals surface area contributed by atoms with E-state index in [9.17, 15) is 4.79 Å². The Labute approximate surface area is 153 Å². The van der Waals surface area contributed by atoms with Crippen LogP contribution in [0.5, 0.6) is 17.2 Å². The maximum absolute atomic E-state index is 11.8. The third-order valence-electron chi connectivity index (χ3n) is 3.54. The molecule has 6 nitrogen and oxygen atoms in total. The minimum atomic E-state index is -0.986. The van der Waals surface area contributed by atoms with Crippen LogP contribution in [0.2, 0.25) is 0 Å². The molecule has 0 saturated heterocycles. The molecule has 0 fully saturated rings. The van der Waals surface area contributed by atoms with Crippen LogP contribution >= 0.6 is 12.4 Å². The molecule has 2 aromatic rings. The highest BCUT2D eigenvalue weighted by atomic mass is 35.5. The first-order valence-corrected chi connectivity index (χ1v) is 7.36. The Bertz CT molecular complexity index is 693. The van der Waals surface area contributed by atoms with Gasteiger partial charge in [-0.3, -0.25) is 4.79 Å². The Morgan fingerprint density at radius 1 is 1.00 bits per heavy atom. The summed E-state index contributed by atoms with van der Waals surface area (Å²) in [5.74, 6) is 0.821. The lowest BCUT2D eigenvalue weighted by atomic mass is 10.1. The van der Waals surface area contributed by atoms with E-state index < -0.39 is 12.0 Å². The Hall–Kier alpha value is -2.44. The maximum atomic E-state index is 11.8. The molecule has 0 aliphatic carbocycles. The average Bonchev–Trinajstić information content (AvgIpc) is 2.65. The second-order valence-electron chi connectivity index (χ2n) is 5.02. The van der Waals surface area contributed by atoms with E-state index in [1.165, 1.54) is 21.3 Å². The van der Waals surface area contributed by atoms with Crippen molar-refractivity contribution in [3.8, 4) is 17.2 Å². The van der Waals surface area contributed by atoms with E-state index >= 15 is 0 Å². The number of esters is 1. The standard InChI is InChI=1S/C18H21NO5.ClH/c1-21-15-9-13(17(19)18(20)23-3)14(10-16(15)22-2)24-11-12-7-5-4-6-8-12;/h4-10,17H,11,19H2,1-3H3;1H/t17-;/m1./s1. The molecule has 0 aromatic heterocycles. The minimum Gasteiger partial charge on any atom is -0.493 e. The first-order valence-electron chi connectivity index (χ1n) is 7.36. The van der Waals surface area contributed by atoms with E-state index in [1.54, 1.807) is 12.1 Å². The van der Waals surface area contributed by atoms with Crippen molar-refractivity contribution in [1.82, 2.24) is 0 Å². The highest BCUT2D eigenvalue weighted by Gasteiger charge is 2.23. The second kappa shape index (κ2) is 9.76. The van der Waals surface area contributed by atoms with E-state index in [1.807, 2.05) is 30.3 Å². The lowest BCUT2D eigenvalue weighted by molar-refractivity contribution is -0.142. The van der Waals surface area contributed by atoms with Crippen molar-refractivity contribution < 1.29 is 23.7 Å². The van der Waals surface area contributed by atoms with Crippen LogP contribution in [0.4, 0.5) is 0 Å². The van der Waals surface area contributed by atoms with E-state index in [0.29, 0.717) is 29.4 Å². The molecule has 0 bridgehead atoms. The molecule has 2 rings (SSSR count). The SMILES string of the molecule is COC(=O)[C@H](N)c1cc(OC)c(OC)cc1OCc1ccccc1.Cl. The molecule has 1 atom stereocenters. The smallest absolute Gasteiger partial charge is 0.327 e. The molecule has 0 aliphatic rings. The fraction of sp³-hybridized carbons (Fsp3) is 0.278. The highest BCUT2D eigenvalue weighted by molar-refractivity contribution is 5.85. The van der Waals surface area contributed by atoms with Crippen molar-refractivity contribution in [3.05, 3.63) is 53.6 Å². The molecule has 0 amide bonds. The van der Waals surface area contributed by atoms with Crippen LogP contribution in [0, 0.1) is 0 Å². The summed E-state index contributed by atoms with van der Waals surface area (Å²) in [5.41, 5.74) is 7.44. The molecule has 0 unspecified atom stereocenters. The van der Waals surface area contributed by atoms with Crippen molar-refractivity contribution in [2.45, 2.75) is 12.6 Å². The van der Waals surface area contributed by atoms with Crippen LogP contribution in [-0.4, -0.2) is 27.3 Å². The lowest BCUT2D eigenvalue weighted by Crippen LogP contribution is -2.23. The monoisotopic (exact) mass is 367 g/mol. The van der Waals surface area contributed by atoms with Gasteiger partial charge < -0.3 is 24.7 Å². The summed E-state index contributed by atoms with van der Waals surface area (Å²) in [6, 6.07) is 12.0. The molecular weight excluding hydrogens is 346 g/mol. The Morgan fingerprint density at radius 2 is 1.60 bits per heavy atom. The zero-order valence-electron chi connectivity index (χ0n) is 14.4. The molecule has 0 aliphatic heterocycles. The van der Waals surface area contributed by atoms with Gasteiger partial charge in [-0.25, -0.2) is 0 Å². The number of benzene rings is 2. The van der Waals surface area contributed by atoms with Crippen LogP contribution in [0.3, 0.4) is 0 Å². The van der Waals surface area contributed by atoms with Crippen LogP contribution in [0.1, 0.15) is 17.2 Å². The summed E-state index contributed by atoms with van der Waals surface area (Å²) in [7, 11) is 4.32. The molecule has 0 radical (unpaired) electrons. The normalized spacial score (nSPS) is 11.0. The number of rotatable bonds is 7. The number of nitrogens with two attached hydrogens (primary N) is 1. The molecule has 7 heteroatoms. The van der Waals surface area contributed by atoms with Crippen LogP contribution < -0.4 is 19.9 Å². The van der Waals surface area contributed by atoms with Crippen LogP contribution in [-0.2, 0) is 16.1 Å². The maximum Gasteiger partial charge on any atom is 0.327 e. The number of carbonyl (C=O) groups is 1. The van der Waals surface area contributed by atoms with Crippen LogP contribution in [0.25, 0.3) is 0 Å². The first kappa shape index (κ1) is 20.6. The number of carbonyl (C=O) groups excluding carboxylic acids is 1. The molecule has 2 N–H and O–H groups in total. The summed E-state index contributed by atoms with van der Waals surface area (Å²) in [4.78, 5) is 11.8. The zero-order chi connectivity index (χ0) is 17.5. The van der Waals surface area contributed by atoms with Crippen molar-refractivity contribution in [2.75, 3.05) is 21.3 Å². The molecule has 0 saturated carbocycles. The molecule has 0 spiro atoms. The molecule has 2 aromatic carbocycles. The van der Waals surface area contributed by atoms with Crippen molar-refractivity contribution in [1.29, 1.82) is 0 Å². The third kappa shape index (κ3) is 5.01. The topological polar surface area (TPSA) is 80.0 Å². The molecular formula is C18H22ClNO5. The van der Waals surface area contributed by atoms with Gasteiger partial charge in [0.2, 0.25) is 0 Å². The summed E-state index contributed by atoms with van der Waals surface area (Å²) >= 11 is 0. The highest BCUT2D eigenvalue weighted by Crippen LogP contribution is 2.37. The average molecular weight is 368 g/mol. The summed E-state index contributed by atoms with van der Waals surface area (Å²) in [6.45, 7) is 0.331.